The van der Waals surface area contributed by atoms with E-state index in [0.29, 0.717) is 11.5 Å². The highest BCUT2D eigenvalue weighted by Gasteiger charge is 2.13. The average molecular weight is 443 g/mol. The van der Waals surface area contributed by atoms with E-state index >= 15 is 0 Å². The van der Waals surface area contributed by atoms with Gasteiger partial charge in [-0.2, -0.15) is 11.3 Å². The summed E-state index contributed by atoms with van der Waals surface area (Å²) in [6.45, 7) is 4.29. The number of benzene rings is 1. The maximum atomic E-state index is 12.5. The molecule has 162 valence electrons. The van der Waals surface area contributed by atoms with E-state index in [0.717, 1.165) is 34.8 Å². The van der Waals surface area contributed by atoms with Crippen molar-refractivity contribution < 1.29 is 4.79 Å². The van der Waals surface area contributed by atoms with E-state index in [1.807, 2.05) is 24.3 Å². The Balaban J connectivity index is 1.51. The Morgan fingerprint density at radius 2 is 2.12 bits per heavy atom. The van der Waals surface area contributed by atoms with Crippen LogP contribution >= 0.6 is 11.3 Å². The summed E-state index contributed by atoms with van der Waals surface area (Å²) in [6.07, 6.45) is 10.7. The van der Waals surface area contributed by atoms with Gasteiger partial charge in [-0.3, -0.25) is 9.78 Å². The molecule has 5 nitrogen and oxygen atoms in total. The number of anilines is 1. The summed E-state index contributed by atoms with van der Waals surface area (Å²) in [5, 5.41) is 10.7. The summed E-state index contributed by atoms with van der Waals surface area (Å²) in [6, 6.07) is 13.5. The van der Waals surface area contributed by atoms with Gasteiger partial charge in [0.1, 0.15) is 5.82 Å². The first-order valence-electron chi connectivity index (χ1n) is 10.7. The van der Waals surface area contributed by atoms with Crippen LogP contribution in [0.5, 0.6) is 0 Å². The van der Waals surface area contributed by atoms with Crippen LogP contribution in [-0.2, 0) is 0 Å². The molecule has 0 radical (unpaired) electrons. The second kappa shape index (κ2) is 10.2. The average Bonchev–Trinajstić information content (AvgIpc) is 3.32. The lowest BCUT2D eigenvalue weighted by molar-refractivity contribution is 0.102. The maximum Gasteiger partial charge on any atom is 0.257 e. The maximum absolute atomic E-state index is 12.5. The molecular weight excluding hydrogens is 416 g/mol. The summed E-state index contributed by atoms with van der Waals surface area (Å²) < 4.78 is 0. The predicted octanol–water partition coefficient (Wildman–Crippen LogP) is 5.97. The molecular formula is C26H26N4OS. The number of hydrogen-bond donors (Lipinski definition) is 2. The number of allylic oxidation sites excluding steroid dienone is 3. The third kappa shape index (κ3) is 5.59. The van der Waals surface area contributed by atoms with Gasteiger partial charge >= 0.3 is 0 Å². The van der Waals surface area contributed by atoms with Crippen LogP contribution in [0.3, 0.4) is 0 Å². The molecule has 1 unspecified atom stereocenters. The Morgan fingerprint density at radius 1 is 1.22 bits per heavy atom. The van der Waals surface area contributed by atoms with Crippen molar-refractivity contribution in [1.29, 1.82) is 0 Å². The Kier molecular flexibility index (Phi) is 6.92. The molecule has 1 aliphatic heterocycles. The molecule has 1 aliphatic rings. The third-order valence-corrected chi connectivity index (χ3v) is 5.90. The fraction of sp³-hybridized carbons (Fsp3) is 0.192. The summed E-state index contributed by atoms with van der Waals surface area (Å²) in [7, 11) is 0. The molecule has 0 saturated heterocycles. The molecule has 32 heavy (non-hydrogen) atoms. The zero-order valence-electron chi connectivity index (χ0n) is 18.2. The van der Waals surface area contributed by atoms with Crippen LogP contribution in [0.2, 0.25) is 0 Å². The molecule has 0 bridgehead atoms. The van der Waals surface area contributed by atoms with Crippen LogP contribution in [0.25, 0.3) is 0 Å². The summed E-state index contributed by atoms with van der Waals surface area (Å²) >= 11 is 1.67. The van der Waals surface area contributed by atoms with Gasteiger partial charge in [-0.05, 0) is 72.7 Å². The van der Waals surface area contributed by atoms with Crippen LogP contribution in [0, 0.1) is 5.92 Å². The van der Waals surface area contributed by atoms with Crippen LogP contribution in [-0.4, -0.2) is 16.6 Å². The number of carbonyl (C=O) groups excluding carboxylic acids is 1. The van der Waals surface area contributed by atoms with Crippen LogP contribution in [0.1, 0.15) is 47.8 Å². The number of nitrogens with zero attached hydrogens (tertiary/aromatic N) is 2. The number of hydrogen-bond acceptors (Lipinski definition) is 5. The van der Waals surface area contributed by atoms with Gasteiger partial charge in [0.15, 0.2) is 0 Å². The minimum atomic E-state index is -0.177. The molecule has 2 atom stereocenters. The number of aliphatic imine (C=N–C) groups is 1. The van der Waals surface area contributed by atoms with E-state index in [2.05, 4.69) is 64.5 Å². The monoisotopic (exact) mass is 442 g/mol. The minimum Gasteiger partial charge on any atom is -0.364 e. The standard InChI is InChI=1S/C26H26N4OS/c1-18-6-3-10-24(22-11-13-32-17-22)30-25(14-18)28-19(2)20-7-4-9-23(15-20)29-26(31)21-8-5-12-27-16-21/h3-5,7-19,28H,6H2,1-2H3,(H,29,31)/b10-3+,25-14-,30-24+/t18?,19-/m0/s1. The smallest absolute Gasteiger partial charge is 0.257 e. The molecule has 0 spiro atoms. The molecule has 2 aromatic heterocycles. The van der Waals surface area contributed by atoms with Gasteiger partial charge in [0.05, 0.1) is 17.3 Å². The van der Waals surface area contributed by atoms with Crippen molar-refractivity contribution in [3.8, 4) is 0 Å². The lowest BCUT2D eigenvalue weighted by Crippen LogP contribution is -2.20. The molecule has 0 saturated carbocycles. The van der Waals surface area contributed by atoms with E-state index in [-0.39, 0.29) is 11.9 Å². The van der Waals surface area contributed by atoms with Crippen molar-refractivity contribution in [1.82, 2.24) is 10.3 Å². The van der Waals surface area contributed by atoms with Crippen LogP contribution < -0.4 is 10.6 Å². The Labute approximate surface area is 192 Å². The van der Waals surface area contributed by atoms with Crippen molar-refractivity contribution in [2.24, 2.45) is 10.9 Å². The lowest BCUT2D eigenvalue weighted by atomic mass is 10.0. The van der Waals surface area contributed by atoms with Crippen molar-refractivity contribution in [2.45, 2.75) is 26.3 Å². The van der Waals surface area contributed by atoms with Crippen molar-refractivity contribution in [3.05, 3.63) is 106 Å². The fourth-order valence-electron chi connectivity index (χ4n) is 3.48. The Bertz CT molecular complexity index is 1150. The van der Waals surface area contributed by atoms with E-state index in [1.54, 1.807) is 35.9 Å². The van der Waals surface area contributed by atoms with E-state index < -0.39 is 0 Å². The highest BCUT2D eigenvalue weighted by atomic mass is 32.1. The molecule has 3 heterocycles. The predicted molar refractivity (Wildman–Crippen MR) is 132 cm³/mol. The Morgan fingerprint density at radius 3 is 2.91 bits per heavy atom. The molecule has 1 amide bonds. The molecule has 0 fully saturated rings. The summed E-state index contributed by atoms with van der Waals surface area (Å²) in [4.78, 5) is 21.4. The van der Waals surface area contributed by atoms with Crippen molar-refractivity contribution in [2.75, 3.05) is 5.32 Å². The molecule has 0 aliphatic carbocycles. The number of carbonyl (C=O) groups is 1. The summed E-state index contributed by atoms with van der Waals surface area (Å²) in [5.74, 6) is 1.07. The van der Waals surface area contributed by atoms with Gasteiger partial charge in [0.2, 0.25) is 0 Å². The van der Waals surface area contributed by atoms with Gasteiger partial charge in [0.25, 0.3) is 5.91 Å². The number of rotatable bonds is 6. The van der Waals surface area contributed by atoms with E-state index in [4.69, 9.17) is 4.99 Å². The first-order valence-corrected chi connectivity index (χ1v) is 11.6. The second-order valence-corrected chi connectivity index (χ2v) is 8.64. The molecule has 3 aromatic rings. The molecule has 2 N–H and O–H groups in total. The topological polar surface area (TPSA) is 66.4 Å². The summed E-state index contributed by atoms with van der Waals surface area (Å²) in [5.41, 5.74) is 4.42. The quantitative estimate of drug-likeness (QED) is 0.494. The number of pyridine rings is 1. The lowest BCUT2D eigenvalue weighted by Gasteiger charge is -2.19. The van der Waals surface area contributed by atoms with Crippen molar-refractivity contribution >= 4 is 28.6 Å². The highest BCUT2D eigenvalue weighted by molar-refractivity contribution is 7.08. The van der Waals surface area contributed by atoms with Crippen LogP contribution in [0.15, 0.2) is 94.7 Å². The van der Waals surface area contributed by atoms with Crippen LogP contribution in [0.4, 0.5) is 5.69 Å². The number of amides is 1. The van der Waals surface area contributed by atoms with Gasteiger partial charge < -0.3 is 10.6 Å². The van der Waals surface area contributed by atoms with E-state index in [1.165, 1.54) is 0 Å². The first kappa shape index (κ1) is 21.7. The molecule has 1 aromatic carbocycles. The SMILES string of the molecule is CC1\C=C(N[C@@H](C)c2cccc(NC(=O)c3cccnc3)c2)/N=C(c2ccsc2)\C=C\C1. The third-order valence-electron chi connectivity index (χ3n) is 5.22. The van der Waals surface area contributed by atoms with Gasteiger partial charge in [-0.25, -0.2) is 4.99 Å². The Hall–Kier alpha value is -3.51. The van der Waals surface area contributed by atoms with Gasteiger partial charge in [-0.1, -0.05) is 25.1 Å². The van der Waals surface area contributed by atoms with Crippen molar-refractivity contribution in [3.63, 3.8) is 0 Å². The molecule has 4 rings (SSSR count). The zero-order chi connectivity index (χ0) is 22.3. The minimum absolute atomic E-state index is 0.0135. The van der Waals surface area contributed by atoms with E-state index in [9.17, 15) is 4.79 Å². The number of thiophene rings is 1. The number of nitrogens with one attached hydrogen (secondary N) is 2. The molecule has 6 heteroatoms. The zero-order valence-corrected chi connectivity index (χ0v) is 19.0. The first-order chi connectivity index (χ1) is 15.6. The largest absolute Gasteiger partial charge is 0.364 e. The normalized spacial score (nSPS) is 21.1. The number of aromatic nitrogens is 1. The van der Waals surface area contributed by atoms with Gasteiger partial charge in [-0.15, -0.1) is 0 Å². The fourth-order valence-corrected chi connectivity index (χ4v) is 4.13. The second-order valence-electron chi connectivity index (χ2n) is 7.86. The van der Waals surface area contributed by atoms with Gasteiger partial charge in [0, 0.05) is 29.0 Å². The highest BCUT2D eigenvalue weighted by Crippen LogP contribution is 2.22.